The lowest BCUT2D eigenvalue weighted by Gasteiger charge is -2.34. The lowest BCUT2D eigenvalue weighted by atomic mass is 9.65. The first kappa shape index (κ1) is 13.8. The van der Waals surface area contributed by atoms with Crippen molar-refractivity contribution in [3.05, 3.63) is 52.1 Å². The number of fused-ring (bicyclic) bond motifs is 1. The Bertz CT molecular complexity index is 682. The van der Waals surface area contributed by atoms with Crippen molar-refractivity contribution >= 4 is 5.69 Å². The second-order valence-corrected chi connectivity index (χ2v) is 7.33. The molecule has 116 valence electrons. The topological polar surface area (TPSA) is 55.6 Å². The van der Waals surface area contributed by atoms with Gasteiger partial charge in [0.05, 0.1) is 16.9 Å². The van der Waals surface area contributed by atoms with Crippen molar-refractivity contribution in [2.45, 2.75) is 32.1 Å². The highest BCUT2D eigenvalue weighted by molar-refractivity contribution is 5.52. The minimum atomic E-state index is -1.36. The van der Waals surface area contributed by atoms with Crippen LogP contribution in [0.1, 0.15) is 19.4 Å². The highest BCUT2D eigenvalue weighted by Crippen LogP contribution is 2.63. The Labute approximate surface area is 129 Å². The van der Waals surface area contributed by atoms with Gasteiger partial charge in [0.15, 0.2) is 0 Å². The first-order valence-electron chi connectivity index (χ1n) is 7.67. The number of hydrogen-bond acceptors (Lipinski definition) is 4. The summed E-state index contributed by atoms with van der Waals surface area (Å²) in [5.74, 6) is 0.122. The number of nitro groups is 1. The van der Waals surface area contributed by atoms with Gasteiger partial charge < -0.3 is 4.90 Å². The Morgan fingerprint density at radius 2 is 1.95 bits per heavy atom. The Hall–Kier alpha value is -1.88. The largest absolute Gasteiger partial charge is 0.368 e. The first-order chi connectivity index (χ1) is 10.3. The molecule has 1 unspecified atom stereocenters. The average Bonchev–Trinajstić information content (AvgIpc) is 3.07. The van der Waals surface area contributed by atoms with E-state index in [1.54, 1.807) is 6.08 Å². The molecule has 0 amide bonds. The molecule has 0 radical (unpaired) electrons. The van der Waals surface area contributed by atoms with E-state index in [-0.39, 0.29) is 10.8 Å². The Morgan fingerprint density at radius 1 is 1.27 bits per heavy atom. The van der Waals surface area contributed by atoms with E-state index >= 15 is 0 Å². The van der Waals surface area contributed by atoms with E-state index in [9.17, 15) is 10.1 Å². The molecule has 4 rings (SSSR count). The molecular formula is C17H20N2O3. The summed E-state index contributed by atoms with van der Waals surface area (Å²) >= 11 is 0. The average molecular weight is 300 g/mol. The molecular weight excluding hydrogens is 280 g/mol. The summed E-state index contributed by atoms with van der Waals surface area (Å²) in [6.45, 7) is 7.46. The summed E-state index contributed by atoms with van der Waals surface area (Å²) in [6, 6.07) is 8.41. The van der Waals surface area contributed by atoms with Gasteiger partial charge in [-0.05, 0) is 39.0 Å². The van der Waals surface area contributed by atoms with Crippen molar-refractivity contribution in [3.63, 3.8) is 0 Å². The maximum Gasteiger partial charge on any atom is 0.350 e. The molecule has 0 aliphatic carbocycles. The Kier molecular flexibility index (Phi) is 2.44. The second-order valence-electron chi connectivity index (χ2n) is 7.33. The molecule has 1 spiro atoms. The lowest BCUT2D eigenvalue weighted by Crippen LogP contribution is -2.50. The van der Waals surface area contributed by atoms with E-state index in [1.807, 2.05) is 19.9 Å². The molecule has 22 heavy (non-hydrogen) atoms. The van der Waals surface area contributed by atoms with Crippen LogP contribution >= 0.6 is 0 Å². The van der Waals surface area contributed by atoms with E-state index in [4.69, 9.17) is 4.74 Å². The molecule has 5 heteroatoms. The Morgan fingerprint density at radius 3 is 2.55 bits per heavy atom. The van der Waals surface area contributed by atoms with E-state index in [2.05, 4.69) is 36.1 Å². The van der Waals surface area contributed by atoms with Gasteiger partial charge >= 0.3 is 5.72 Å². The van der Waals surface area contributed by atoms with Gasteiger partial charge in [0.2, 0.25) is 0 Å². The van der Waals surface area contributed by atoms with Crippen LogP contribution in [0.4, 0.5) is 5.69 Å². The van der Waals surface area contributed by atoms with Crippen LogP contribution in [0.2, 0.25) is 0 Å². The van der Waals surface area contributed by atoms with Crippen LogP contribution in [0.25, 0.3) is 0 Å². The quantitative estimate of drug-likeness (QED) is 0.479. The zero-order valence-electron chi connectivity index (χ0n) is 13.1. The molecule has 0 aromatic heterocycles. The lowest BCUT2D eigenvalue weighted by molar-refractivity contribution is -0.625. The smallest absolute Gasteiger partial charge is 0.350 e. The van der Waals surface area contributed by atoms with E-state index in [0.29, 0.717) is 6.54 Å². The van der Waals surface area contributed by atoms with Crippen LogP contribution < -0.4 is 4.90 Å². The monoisotopic (exact) mass is 300 g/mol. The molecule has 3 atom stereocenters. The number of hydrogen-bond donors (Lipinski definition) is 0. The van der Waals surface area contributed by atoms with Crippen molar-refractivity contribution in [1.82, 2.24) is 0 Å². The van der Waals surface area contributed by atoms with Crippen molar-refractivity contribution in [2.24, 2.45) is 11.3 Å². The number of rotatable bonds is 2. The van der Waals surface area contributed by atoms with Gasteiger partial charge in [-0.25, -0.2) is 0 Å². The summed E-state index contributed by atoms with van der Waals surface area (Å²) in [7, 11) is 0. The third-order valence-electron chi connectivity index (χ3n) is 5.83. The van der Waals surface area contributed by atoms with Gasteiger partial charge in [0.25, 0.3) is 0 Å². The van der Waals surface area contributed by atoms with Crippen molar-refractivity contribution in [2.75, 3.05) is 18.0 Å². The summed E-state index contributed by atoms with van der Waals surface area (Å²) in [6.07, 6.45) is 3.60. The second kappa shape index (κ2) is 3.90. The van der Waals surface area contributed by atoms with E-state index in [1.165, 1.54) is 5.56 Å². The van der Waals surface area contributed by atoms with Crippen LogP contribution in [-0.2, 0) is 4.74 Å². The predicted molar refractivity (Wildman–Crippen MR) is 83.3 cm³/mol. The molecule has 3 aliphatic rings. The molecule has 0 saturated carbocycles. The minimum absolute atomic E-state index is 0.122. The number of nitrogens with zero attached hydrogens (tertiary/aromatic N) is 2. The van der Waals surface area contributed by atoms with Crippen LogP contribution in [0.3, 0.4) is 0 Å². The third-order valence-corrected chi connectivity index (χ3v) is 5.83. The fraction of sp³-hybridized carbons (Fsp3) is 0.529. The molecule has 1 aromatic carbocycles. The highest BCUT2D eigenvalue weighted by atomic mass is 16.7. The van der Waals surface area contributed by atoms with Gasteiger partial charge in [-0.3, -0.25) is 14.9 Å². The number of benzene rings is 1. The molecule has 2 saturated heterocycles. The Balaban J connectivity index is 1.71. The van der Waals surface area contributed by atoms with Crippen LogP contribution in [0, 0.1) is 28.4 Å². The molecule has 1 aromatic rings. The highest BCUT2D eigenvalue weighted by Gasteiger charge is 2.78. The van der Waals surface area contributed by atoms with Gasteiger partial charge in [-0.15, -0.1) is 0 Å². The molecule has 0 N–H and O–H groups in total. The molecule has 3 aliphatic heterocycles. The van der Waals surface area contributed by atoms with E-state index < -0.39 is 16.7 Å². The maximum absolute atomic E-state index is 11.6. The van der Waals surface area contributed by atoms with Gasteiger partial charge in [0.1, 0.15) is 5.60 Å². The summed E-state index contributed by atoms with van der Waals surface area (Å²) in [5, 5.41) is 11.6. The molecule has 3 heterocycles. The summed E-state index contributed by atoms with van der Waals surface area (Å²) < 4.78 is 6.07. The SMILES string of the molecule is Cc1ccc(N2CC3C(C)(C)[C@@]4([N+](=O)[O-])C=C[C@]3(C2)O4)cc1. The maximum atomic E-state index is 11.6. The van der Waals surface area contributed by atoms with Crippen molar-refractivity contribution < 1.29 is 9.66 Å². The molecule has 5 nitrogen and oxygen atoms in total. The van der Waals surface area contributed by atoms with Crippen LogP contribution in [0.5, 0.6) is 0 Å². The summed E-state index contributed by atoms with van der Waals surface area (Å²) in [4.78, 5) is 13.7. The first-order valence-corrected chi connectivity index (χ1v) is 7.67. The normalized spacial score (nSPS) is 37.6. The number of ether oxygens (including phenoxy) is 1. The zero-order valence-corrected chi connectivity index (χ0v) is 13.1. The third kappa shape index (κ3) is 1.42. The van der Waals surface area contributed by atoms with Gasteiger partial charge in [-0.1, -0.05) is 17.7 Å². The number of anilines is 1. The molecule has 2 bridgehead atoms. The fourth-order valence-electron chi connectivity index (χ4n) is 4.45. The van der Waals surface area contributed by atoms with E-state index in [0.717, 1.165) is 12.2 Å². The zero-order chi connectivity index (χ0) is 15.8. The van der Waals surface area contributed by atoms with Crippen LogP contribution in [-0.4, -0.2) is 29.3 Å². The standard InChI is InChI=1S/C17H20N2O3/c1-12-4-6-13(7-5-12)18-10-14-15(2,3)17(19(20)21)9-8-16(14,11-18)22-17/h4-9,14H,10-11H2,1-3H3/t14?,16-,17-/m1/s1. The summed E-state index contributed by atoms with van der Waals surface area (Å²) in [5.41, 5.74) is -0.0322. The minimum Gasteiger partial charge on any atom is -0.368 e. The number of aryl methyl sites for hydroxylation is 1. The van der Waals surface area contributed by atoms with Crippen LogP contribution in [0.15, 0.2) is 36.4 Å². The van der Waals surface area contributed by atoms with Crippen molar-refractivity contribution in [3.8, 4) is 0 Å². The van der Waals surface area contributed by atoms with Gasteiger partial charge in [0, 0.05) is 24.2 Å². The van der Waals surface area contributed by atoms with Crippen molar-refractivity contribution in [1.29, 1.82) is 0 Å². The molecule has 2 fully saturated rings. The van der Waals surface area contributed by atoms with Gasteiger partial charge in [-0.2, -0.15) is 0 Å². The predicted octanol–water partition coefficient (Wildman–Crippen LogP) is 2.77. The fourth-order valence-corrected chi connectivity index (χ4v) is 4.45.